The quantitative estimate of drug-likeness (QED) is 0.0413. The molecule has 0 radical (unpaired) electrons. The normalized spacial score (nSPS) is 23.6. The predicted molar refractivity (Wildman–Crippen MR) is 340 cm³/mol. The molecule has 2 saturated heterocycles. The summed E-state index contributed by atoms with van der Waals surface area (Å²) in [4.78, 5) is 85.0. The second-order valence-electron chi connectivity index (χ2n) is 24.4. The van der Waals surface area contributed by atoms with Gasteiger partial charge in [0.1, 0.15) is 22.5 Å². The van der Waals surface area contributed by atoms with E-state index in [0.29, 0.717) is 93.8 Å². The van der Waals surface area contributed by atoms with Crippen molar-refractivity contribution in [1.82, 2.24) is 21.3 Å². The fourth-order valence-corrected chi connectivity index (χ4v) is 16.6. The number of rotatable bonds is 17. The van der Waals surface area contributed by atoms with E-state index < -0.39 is 69.3 Å². The summed E-state index contributed by atoms with van der Waals surface area (Å²) >= 11 is 25.7. The number of anilines is 4. The Kier molecular flexibility index (Phi) is 17.5. The molecule has 20 heteroatoms. The fraction of sp³-hybridized carbons (Fsp3) is 0.382. The Morgan fingerprint density at radius 1 is 0.477 bits per heavy atom. The molecular formula is C68H68Cl4F2N8O6. The summed E-state index contributed by atoms with van der Waals surface area (Å²) in [5, 5.41) is 26.0. The highest BCUT2D eigenvalue weighted by atomic mass is 35.5. The Balaban J connectivity index is 0.598. The van der Waals surface area contributed by atoms with Crippen molar-refractivity contribution in [3.8, 4) is 0 Å². The van der Waals surface area contributed by atoms with Crippen molar-refractivity contribution in [2.45, 2.75) is 149 Å². The summed E-state index contributed by atoms with van der Waals surface area (Å²) in [5.74, 6) is -5.41. The Hall–Kier alpha value is -6.92. The van der Waals surface area contributed by atoms with E-state index in [4.69, 9.17) is 46.4 Å². The third kappa shape index (κ3) is 10.7. The minimum atomic E-state index is -1.37. The lowest BCUT2D eigenvalue weighted by Crippen LogP contribution is -2.60. The number of benzene rings is 6. The lowest BCUT2D eigenvalue weighted by Gasteiger charge is -2.47. The first kappa shape index (κ1) is 61.3. The van der Waals surface area contributed by atoms with Crippen molar-refractivity contribution in [2.24, 2.45) is 0 Å². The van der Waals surface area contributed by atoms with Crippen molar-refractivity contribution in [3.63, 3.8) is 0 Å². The molecule has 0 unspecified atom stereocenters. The number of hydrogen-bond donors (Lipinski definition) is 8. The van der Waals surface area contributed by atoms with Crippen molar-refractivity contribution in [2.75, 3.05) is 34.4 Å². The van der Waals surface area contributed by atoms with Gasteiger partial charge in [0.15, 0.2) is 0 Å². The van der Waals surface area contributed by atoms with Crippen LogP contribution in [0.4, 0.5) is 31.5 Å². The molecule has 6 aliphatic rings. The monoisotopic (exact) mass is 1270 g/mol. The van der Waals surface area contributed by atoms with Crippen LogP contribution in [-0.2, 0) is 30.0 Å². The third-order valence-electron chi connectivity index (χ3n) is 19.6. The van der Waals surface area contributed by atoms with Gasteiger partial charge in [-0.3, -0.25) is 39.4 Å². The van der Waals surface area contributed by atoms with Crippen LogP contribution in [0.2, 0.25) is 20.1 Å². The molecule has 2 aliphatic carbocycles. The van der Waals surface area contributed by atoms with E-state index in [9.17, 15) is 28.8 Å². The smallest absolute Gasteiger partial charge is 0.251 e. The Bertz CT molecular complexity index is 3490. The topological polar surface area (TPSA) is 199 Å². The second-order valence-corrected chi connectivity index (χ2v) is 26.1. The number of amides is 6. The molecule has 14 nitrogen and oxygen atoms in total. The Morgan fingerprint density at radius 2 is 0.852 bits per heavy atom. The van der Waals surface area contributed by atoms with Crippen LogP contribution in [0.1, 0.15) is 158 Å². The average Bonchev–Trinajstić information content (AvgIpc) is 1.52. The van der Waals surface area contributed by atoms with Crippen LogP contribution in [-0.4, -0.2) is 71.7 Å². The highest BCUT2D eigenvalue weighted by molar-refractivity contribution is 6.32. The van der Waals surface area contributed by atoms with Crippen LogP contribution in [0.5, 0.6) is 0 Å². The van der Waals surface area contributed by atoms with Crippen LogP contribution in [0.15, 0.2) is 121 Å². The zero-order chi connectivity index (χ0) is 61.5. The summed E-state index contributed by atoms with van der Waals surface area (Å²) in [6.45, 7) is 0.951. The molecule has 6 aromatic rings. The van der Waals surface area contributed by atoms with Crippen molar-refractivity contribution >= 4 is 105 Å². The number of unbranched alkanes of at least 4 members (excludes halogenated alkanes) is 5. The van der Waals surface area contributed by atoms with Gasteiger partial charge in [0.2, 0.25) is 23.6 Å². The molecule has 2 saturated carbocycles. The number of hydrogen-bond acceptors (Lipinski definition) is 8. The van der Waals surface area contributed by atoms with Gasteiger partial charge in [-0.15, -0.1) is 0 Å². The number of carbonyl (C=O) groups is 6. The first-order valence-electron chi connectivity index (χ1n) is 30.6. The highest BCUT2D eigenvalue weighted by Crippen LogP contribution is 2.65. The van der Waals surface area contributed by atoms with Crippen molar-refractivity contribution in [3.05, 3.63) is 186 Å². The van der Waals surface area contributed by atoms with Crippen LogP contribution in [0, 0.1) is 11.6 Å². The van der Waals surface area contributed by atoms with Gasteiger partial charge in [-0.2, -0.15) is 0 Å². The number of carbonyl (C=O) groups excluding carboxylic acids is 6. The van der Waals surface area contributed by atoms with E-state index in [1.54, 1.807) is 97.1 Å². The van der Waals surface area contributed by atoms with Crippen molar-refractivity contribution in [1.29, 1.82) is 0 Å². The van der Waals surface area contributed by atoms with Crippen LogP contribution < -0.4 is 42.5 Å². The molecule has 12 rings (SSSR count). The third-order valence-corrected chi connectivity index (χ3v) is 20.7. The van der Waals surface area contributed by atoms with E-state index in [1.165, 1.54) is 12.1 Å². The first-order valence-corrected chi connectivity index (χ1v) is 32.1. The summed E-state index contributed by atoms with van der Waals surface area (Å²) in [6, 6.07) is 30.9. The van der Waals surface area contributed by atoms with Gasteiger partial charge in [0.05, 0.1) is 22.1 Å². The first-order chi connectivity index (χ1) is 42.5. The predicted octanol–water partition coefficient (Wildman–Crippen LogP) is 13.7. The van der Waals surface area contributed by atoms with Crippen molar-refractivity contribution < 1.29 is 37.5 Å². The van der Waals surface area contributed by atoms with E-state index in [1.807, 2.05) is 12.1 Å². The minimum absolute atomic E-state index is 0.111. The molecule has 4 heterocycles. The van der Waals surface area contributed by atoms with Gasteiger partial charge in [-0.1, -0.05) is 147 Å². The lowest BCUT2D eigenvalue weighted by atomic mass is 9.55. The van der Waals surface area contributed by atoms with E-state index in [0.717, 1.165) is 77.0 Å². The second kappa shape index (κ2) is 25.2. The zero-order valence-electron chi connectivity index (χ0n) is 48.3. The highest BCUT2D eigenvalue weighted by Gasteiger charge is 2.74. The lowest BCUT2D eigenvalue weighted by molar-refractivity contribution is -0.125. The molecule has 4 spiro atoms. The molecule has 8 N–H and O–H groups in total. The zero-order valence-corrected chi connectivity index (χ0v) is 51.3. The molecule has 6 atom stereocenters. The van der Waals surface area contributed by atoms with Gasteiger partial charge in [0.25, 0.3) is 11.8 Å². The summed E-state index contributed by atoms with van der Waals surface area (Å²) in [5.41, 5.74) is -0.102. The van der Waals surface area contributed by atoms with Crippen LogP contribution in [0.3, 0.4) is 0 Å². The summed E-state index contributed by atoms with van der Waals surface area (Å²) < 4.78 is 32.7. The minimum Gasteiger partial charge on any atom is -0.352 e. The molecule has 458 valence electrons. The van der Waals surface area contributed by atoms with Gasteiger partial charge in [-0.05, 0) is 146 Å². The molecule has 88 heavy (non-hydrogen) atoms. The summed E-state index contributed by atoms with van der Waals surface area (Å²) in [7, 11) is 0. The Morgan fingerprint density at radius 3 is 1.24 bits per heavy atom. The Labute approximate surface area is 529 Å². The molecule has 6 aromatic carbocycles. The molecular weight excluding hydrogens is 1200 g/mol. The number of nitrogens with one attached hydrogen (secondary N) is 8. The SMILES string of the molecule is O=C(NCCCCCCCCNC(=O)c1ccc(NC(=O)[C@@H]2NC3(CCCCC3)[C@@]3(C(=O)Nc4cc(Cl)ccc43)[C@H]2c2cccc(Cl)c2F)cc1)c1ccc(NC(=O)[C@@H]2NC3(CCCCC3)[C@@]3(C(=O)Nc4cc(Cl)ccc43)[C@H]2c2cccc(Cl)c2F)cc1. The van der Waals surface area contributed by atoms with Gasteiger partial charge in [0, 0.05) is 79.9 Å². The largest absolute Gasteiger partial charge is 0.352 e. The van der Waals surface area contributed by atoms with Gasteiger partial charge in [-0.25, -0.2) is 8.78 Å². The standard InChI is InChI=1S/C68H68Cl4F2N8O6/c69-41-23-29-47-51(37-41)79-63(87)67(47)53(45-15-13-17-49(71)55(45)73)57(81-65(67)31-7-5-8-32-65)61(85)77-43-25-19-39(20-26-43)59(83)75-35-11-3-1-2-4-12-36-76-60(84)40-21-27-44(28-22-40)78-62(86)58-54(46-16-14-18-50(72)56(46)74)68(66(82-58)33-9-6-10-34-66)48-30-24-42(70)38-52(48)80-64(68)88/h13-30,37-38,53-54,57-58,81-82H,1-12,31-36H2,(H,75,83)(H,76,84)(H,77,85)(H,78,86)(H,79,87)(H,80,88)/t53-,54-,57+,58+,67+,68+/m0/s1. The molecule has 0 bridgehead atoms. The maximum absolute atomic E-state index is 16.3. The van der Waals surface area contributed by atoms with E-state index in [-0.39, 0.29) is 44.8 Å². The van der Waals surface area contributed by atoms with Gasteiger partial charge >= 0.3 is 0 Å². The number of fused-ring (bicyclic) bond motifs is 6. The van der Waals surface area contributed by atoms with Gasteiger partial charge < -0.3 is 31.9 Å². The maximum atomic E-state index is 16.3. The average molecular weight is 1270 g/mol. The van der Waals surface area contributed by atoms with E-state index >= 15 is 8.78 Å². The van der Waals surface area contributed by atoms with Crippen LogP contribution in [0.25, 0.3) is 0 Å². The molecule has 6 amide bonds. The number of halogens is 6. The maximum Gasteiger partial charge on any atom is 0.251 e. The fourth-order valence-electron chi connectivity index (χ4n) is 15.9. The molecule has 0 aromatic heterocycles. The van der Waals surface area contributed by atoms with Crippen LogP contribution >= 0.6 is 46.4 Å². The summed E-state index contributed by atoms with van der Waals surface area (Å²) in [6.07, 6.45) is 12.8. The molecule has 4 aliphatic heterocycles. The molecule has 4 fully saturated rings. The van der Waals surface area contributed by atoms with E-state index in [2.05, 4.69) is 42.5 Å².